The molecule has 0 amide bonds. The summed E-state index contributed by atoms with van der Waals surface area (Å²) >= 11 is 0. The van der Waals surface area contributed by atoms with Crippen molar-refractivity contribution in [2.45, 2.75) is 12.8 Å². The van der Waals surface area contributed by atoms with Crippen LogP contribution in [-0.4, -0.2) is 12.3 Å². The first kappa shape index (κ1) is 4.32. The molecule has 0 aromatic carbocycles. The number of hydrogen-bond donors (Lipinski definition) is 0. The van der Waals surface area contributed by atoms with E-state index in [-0.39, 0.29) is 0 Å². The normalized spacial score (nSPS) is 16.7. The van der Waals surface area contributed by atoms with Crippen LogP contribution in [0.15, 0.2) is 4.99 Å². The zero-order chi connectivity index (χ0) is 5.11. The third-order valence-corrected chi connectivity index (χ3v) is 1.02. The fourth-order valence-electron chi connectivity index (χ4n) is 0.505. The van der Waals surface area contributed by atoms with Gasteiger partial charge < -0.3 is 0 Å². The molecule has 7 heavy (non-hydrogen) atoms. The Bertz CT molecular complexity index is 130. The van der Waals surface area contributed by atoms with E-state index in [1.54, 1.807) is 0 Å². The van der Waals surface area contributed by atoms with Gasteiger partial charge in [-0.05, 0) is 0 Å². The first-order valence-electron chi connectivity index (χ1n) is 2.32. The van der Waals surface area contributed by atoms with Crippen LogP contribution in [0.1, 0.15) is 12.8 Å². The van der Waals surface area contributed by atoms with Gasteiger partial charge in [0.1, 0.15) is 0 Å². The third-order valence-electron chi connectivity index (χ3n) is 1.02. The maximum absolute atomic E-state index is 8.07. The highest BCUT2D eigenvalue weighted by atomic mass is 14.8. The van der Waals surface area contributed by atoms with Crippen LogP contribution in [-0.2, 0) is 0 Å². The summed E-state index contributed by atoms with van der Waals surface area (Å²) in [7, 11) is 0. The Morgan fingerprint density at radius 3 is 2.71 bits per heavy atom. The predicted molar refractivity (Wildman–Crippen MR) is 27.1 cm³/mol. The second-order valence-electron chi connectivity index (χ2n) is 1.53. The second kappa shape index (κ2) is 1.74. The van der Waals surface area contributed by atoms with Crippen molar-refractivity contribution in [2.24, 2.45) is 4.99 Å². The van der Waals surface area contributed by atoms with Gasteiger partial charge in [-0.3, -0.25) is 4.99 Å². The van der Waals surface area contributed by atoms with E-state index in [9.17, 15) is 0 Å². The molecule has 1 heterocycles. The molecule has 0 aromatic heterocycles. The van der Waals surface area contributed by atoms with Crippen molar-refractivity contribution in [3.63, 3.8) is 0 Å². The average molecular weight is 94.1 g/mol. The van der Waals surface area contributed by atoms with Crippen LogP contribution >= 0.6 is 0 Å². The monoisotopic (exact) mass is 94.1 g/mol. The molecular formula is C5H6N2. The summed E-state index contributed by atoms with van der Waals surface area (Å²) in [5.74, 6) is 0. The Morgan fingerprint density at radius 1 is 1.86 bits per heavy atom. The molecule has 1 aliphatic heterocycles. The highest BCUT2D eigenvalue weighted by Gasteiger charge is 2.04. The van der Waals surface area contributed by atoms with E-state index in [1.165, 1.54) is 0 Å². The Labute approximate surface area is 42.5 Å². The summed E-state index contributed by atoms with van der Waals surface area (Å²) in [6.07, 6.45) is 1.59. The fraction of sp³-hybridized carbons (Fsp3) is 0.600. The molecule has 0 saturated carbocycles. The van der Waals surface area contributed by atoms with Gasteiger partial charge in [0.05, 0.1) is 12.5 Å². The number of nitriles is 1. The Hall–Kier alpha value is -0.840. The lowest BCUT2D eigenvalue weighted by Crippen LogP contribution is -2.09. The van der Waals surface area contributed by atoms with Gasteiger partial charge in [-0.15, -0.1) is 0 Å². The lowest BCUT2D eigenvalue weighted by molar-refractivity contribution is 0.924. The van der Waals surface area contributed by atoms with Crippen LogP contribution < -0.4 is 0 Å². The first-order chi connectivity index (χ1) is 3.43. The lowest BCUT2D eigenvalue weighted by atomic mass is 10.1. The fourth-order valence-corrected chi connectivity index (χ4v) is 0.505. The molecule has 36 valence electrons. The SMILES string of the molecule is N#CCC1=NCC1. The van der Waals surface area contributed by atoms with E-state index >= 15 is 0 Å². The van der Waals surface area contributed by atoms with Gasteiger partial charge in [0.25, 0.3) is 0 Å². The van der Waals surface area contributed by atoms with Gasteiger partial charge in [0.15, 0.2) is 0 Å². The topological polar surface area (TPSA) is 36.1 Å². The molecule has 0 N–H and O–H groups in total. The van der Waals surface area contributed by atoms with Gasteiger partial charge in [-0.25, -0.2) is 0 Å². The van der Waals surface area contributed by atoms with Gasteiger partial charge in [0.2, 0.25) is 0 Å². The minimum absolute atomic E-state index is 0.542. The minimum Gasteiger partial charge on any atom is -0.293 e. The van der Waals surface area contributed by atoms with Crippen molar-refractivity contribution in [1.29, 1.82) is 5.26 Å². The molecule has 0 aromatic rings. The van der Waals surface area contributed by atoms with Crippen LogP contribution in [0.2, 0.25) is 0 Å². The van der Waals surface area contributed by atoms with Crippen molar-refractivity contribution in [1.82, 2.24) is 0 Å². The van der Waals surface area contributed by atoms with Crippen LogP contribution in [0, 0.1) is 11.3 Å². The quantitative estimate of drug-likeness (QED) is 0.472. The van der Waals surface area contributed by atoms with Crippen molar-refractivity contribution in [2.75, 3.05) is 6.54 Å². The van der Waals surface area contributed by atoms with Gasteiger partial charge in [-0.1, -0.05) is 0 Å². The minimum atomic E-state index is 0.542. The van der Waals surface area contributed by atoms with Crippen molar-refractivity contribution in [3.05, 3.63) is 0 Å². The number of hydrogen-bond acceptors (Lipinski definition) is 2. The van der Waals surface area contributed by atoms with Crippen LogP contribution in [0.5, 0.6) is 0 Å². The van der Waals surface area contributed by atoms with Crippen molar-refractivity contribution in [3.8, 4) is 6.07 Å². The van der Waals surface area contributed by atoms with E-state index in [4.69, 9.17) is 5.26 Å². The van der Waals surface area contributed by atoms with E-state index in [0.717, 1.165) is 18.7 Å². The smallest absolute Gasteiger partial charge is 0.0731 e. The standard InChI is InChI=1S/C5H6N2/c6-3-1-5-2-4-7-5/h1-2,4H2. The molecule has 0 radical (unpaired) electrons. The largest absolute Gasteiger partial charge is 0.293 e. The summed E-state index contributed by atoms with van der Waals surface area (Å²) in [5, 5.41) is 8.07. The summed E-state index contributed by atoms with van der Waals surface area (Å²) < 4.78 is 0. The highest BCUT2D eigenvalue weighted by molar-refractivity contribution is 5.89. The first-order valence-corrected chi connectivity index (χ1v) is 2.32. The van der Waals surface area contributed by atoms with Crippen molar-refractivity contribution < 1.29 is 0 Å². The zero-order valence-corrected chi connectivity index (χ0v) is 4.02. The average Bonchev–Trinajstić information content (AvgIpc) is 1.55. The van der Waals surface area contributed by atoms with Crippen LogP contribution in [0.4, 0.5) is 0 Å². The highest BCUT2D eigenvalue weighted by Crippen LogP contribution is 2.02. The van der Waals surface area contributed by atoms with Gasteiger partial charge >= 0.3 is 0 Å². The molecule has 0 saturated heterocycles. The molecule has 0 unspecified atom stereocenters. The molecule has 0 atom stereocenters. The maximum atomic E-state index is 8.07. The Kier molecular flexibility index (Phi) is 1.08. The van der Waals surface area contributed by atoms with E-state index in [2.05, 4.69) is 4.99 Å². The predicted octanol–water partition coefficient (Wildman–Crippen LogP) is 0.745. The Balaban J connectivity index is 2.31. The van der Waals surface area contributed by atoms with E-state index in [1.807, 2.05) is 6.07 Å². The molecule has 1 aliphatic rings. The lowest BCUT2D eigenvalue weighted by Gasteiger charge is -2.07. The second-order valence-corrected chi connectivity index (χ2v) is 1.53. The van der Waals surface area contributed by atoms with Crippen LogP contribution in [0.3, 0.4) is 0 Å². The number of rotatable bonds is 1. The summed E-state index contributed by atoms with van der Waals surface area (Å²) in [5.41, 5.74) is 1.07. The van der Waals surface area contributed by atoms with E-state index in [0.29, 0.717) is 6.42 Å². The molecule has 2 heteroatoms. The molecule has 0 bridgehead atoms. The van der Waals surface area contributed by atoms with Gasteiger partial charge in [-0.2, -0.15) is 5.26 Å². The van der Waals surface area contributed by atoms with Gasteiger partial charge in [0, 0.05) is 18.7 Å². The van der Waals surface area contributed by atoms with Crippen molar-refractivity contribution >= 4 is 5.71 Å². The Morgan fingerprint density at radius 2 is 2.57 bits per heavy atom. The molecule has 0 spiro atoms. The maximum Gasteiger partial charge on any atom is 0.0731 e. The molecule has 1 rings (SSSR count). The summed E-state index contributed by atoms with van der Waals surface area (Å²) in [6.45, 7) is 0.941. The molecular weight excluding hydrogens is 88.1 g/mol. The van der Waals surface area contributed by atoms with Crippen LogP contribution in [0.25, 0.3) is 0 Å². The molecule has 0 fully saturated rings. The number of aliphatic imine (C=N–C) groups is 1. The summed E-state index contributed by atoms with van der Waals surface area (Å²) in [6, 6.07) is 2.04. The summed E-state index contributed by atoms with van der Waals surface area (Å²) in [4.78, 5) is 3.95. The number of nitrogens with zero attached hydrogens (tertiary/aromatic N) is 2. The molecule has 0 aliphatic carbocycles. The third kappa shape index (κ3) is 0.774. The zero-order valence-electron chi connectivity index (χ0n) is 4.02. The van der Waals surface area contributed by atoms with E-state index < -0.39 is 0 Å². The molecule has 2 nitrogen and oxygen atoms in total.